The van der Waals surface area contributed by atoms with Gasteiger partial charge >= 0.3 is 0 Å². The van der Waals surface area contributed by atoms with Crippen molar-refractivity contribution in [2.45, 2.75) is 46.1 Å². The molecule has 0 radical (unpaired) electrons. The van der Waals surface area contributed by atoms with Gasteiger partial charge in [-0.15, -0.1) is 0 Å². The maximum Gasteiger partial charge on any atom is 0.131 e. The van der Waals surface area contributed by atoms with Crippen LogP contribution in [0.2, 0.25) is 0 Å². The zero-order chi connectivity index (χ0) is 15.6. The highest BCUT2D eigenvalue weighted by Gasteiger charge is 2.17. The third-order valence-electron chi connectivity index (χ3n) is 4.16. The van der Waals surface area contributed by atoms with Gasteiger partial charge in [0.1, 0.15) is 12.4 Å². The summed E-state index contributed by atoms with van der Waals surface area (Å²) in [5, 5.41) is 4.37. The number of ether oxygens (including phenoxy) is 1. The topological polar surface area (TPSA) is 27.1 Å². The first-order valence-corrected chi connectivity index (χ1v) is 8.05. The van der Waals surface area contributed by atoms with Crippen LogP contribution in [0.3, 0.4) is 0 Å². The molecule has 1 heterocycles. The molecule has 0 spiro atoms. The zero-order valence-corrected chi connectivity index (χ0v) is 15.0. The summed E-state index contributed by atoms with van der Waals surface area (Å²) in [6.45, 7) is 9.23. The predicted molar refractivity (Wildman–Crippen MR) is 89.7 cm³/mol. The number of aryl methyl sites for hydroxylation is 2. The normalized spacial score (nSPS) is 11.7. The molecule has 0 fully saturated rings. The van der Waals surface area contributed by atoms with Crippen LogP contribution in [0.25, 0.3) is 0 Å². The van der Waals surface area contributed by atoms with Gasteiger partial charge < -0.3 is 4.74 Å². The van der Waals surface area contributed by atoms with Crippen molar-refractivity contribution >= 4 is 15.9 Å². The molecule has 0 saturated heterocycles. The molecule has 0 bridgehead atoms. The third kappa shape index (κ3) is 3.49. The highest BCUT2D eigenvalue weighted by Crippen LogP contribution is 2.28. The van der Waals surface area contributed by atoms with E-state index in [4.69, 9.17) is 4.74 Å². The van der Waals surface area contributed by atoms with Crippen molar-refractivity contribution in [3.8, 4) is 5.75 Å². The number of aromatic nitrogens is 2. The molecular weight excluding hydrogens is 328 g/mol. The molecule has 0 aliphatic carbocycles. The van der Waals surface area contributed by atoms with Crippen molar-refractivity contribution in [1.82, 2.24) is 9.78 Å². The molecule has 21 heavy (non-hydrogen) atoms. The van der Waals surface area contributed by atoms with E-state index in [1.165, 1.54) is 5.56 Å². The van der Waals surface area contributed by atoms with Gasteiger partial charge in [-0.3, -0.25) is 4.68 Å². The molecule has 114 valence electrons. The van der Waals surface area contributed by atoms with E-state index < -0.39 is 0 Å². The second-order valence-corrected chi connectivity index (χ2v) is 6.81. The molecule has 0 unspecified atom stereocenters. The lowest BCUT2D eigenvalue weighted by Gasteiger charge is -2.23. The fourth-order valence-electron chi connectivity index (χ4n) is 2.20. The minimum absolute atomic E-state index is 0.209. The van der Waals surface area contributed by atoms with Crippen molar-refractivity contribution in [3.05, 3.63) is 45.7 Å². The highest BCUT2D eigenvalue weighted by molar-refractivity contribution is 9.10. The van der Waals surface area contributed by atoms with Crippen LogP contribution in [0.15, 0.2) is 28.7 Å². The Hall–Kier alpha value is -1.29. The molecule has 0 aliphatic rings. The monoisotopic (exact) mass is 350 g/mol. The lowest BCUT2D eigenvalue weighted by molar-refractivity contribution is 0.294. The average Bonchev–Trinajstić information content (AvgIpc) is 2.71. The van der Waals surface area contributed by atoms with Gasteiger partial charge in [0.05, 0.1) is 15.9 Å². The zero-order valence-electron chi connectivity index (χ0n) is 13.4. The molecule has 2 aromatic rings. The Kier molecular flexibility index (Phi) is 4.77. The summed E-state index contributed by atoms with van der Waals surface area (Å²) in [6.07, 6.45) is 1.12. The van der Waals surface area contributed by atoms with Crippen LogP contribution in [0.1, 0.15) is 44.1 Å². The Bertz CT molecular complexity index is 614. The molecule has 0 N–H and O–H groups in total. The van der Waals surface area contributed by atoms with Gasteiger partial charge in [0.2, 0.25) is 0 Å². The fraction of sp³-hybridized carbons (Fsp3) is 0.471. The van der Waals surface area contributed by atoms with Gasteiger partial charge in [-0.2, -0.15) is 5.10 Å². The Balaban J connectivity index is 2.08. The van der Waals surface area contributed by atoms with E-state index >= 15 is 0 Å². The standard InChI is InChI=1S/C17H23BrN2O/c1-6-17(3,4)13-7-9-14(10-8-13)21-11-15-16(18)12(2)19-20(15)5/h7-10H,6,11H2,1-5H3. The van der Waals surface area contributed by atoms with E-state index in [0.29, 0.717) is 6.61 Å². The second-order valence-electron chi connectivity index (χ2n) is 6.02. The smallest absolute Gasteiger partial charge is 0.131 e. The first-order chi connectivity index (χ1) is 9.85. The van der Waals surface area contributed by atoms with Gasteiger partial charge in [0.15, 0.2) is 0 Å². The third-order valence-corrected chi connectivity index (χ3v) is 5.19. The van der Waals surface area contributed by atoms with Crippen molar-refractivity contribution in [2.75, 3.05) is 0 Å². The lowest BCUT2D eigenvalue weighted by atomic mass is 9.82. The van der Waals surface area contributed by atoms with E-state index in [1.807, 2.05) is 30.8 Å². The van der Waals surface area contributed by atoms with E-state index in [1.54, 1.807) is 0 Å². The molecule has 0 aliphatic heterocycles. The maximum atomic E-state index is 5.88. The van der Waals surface area contributed by atoms with Gasteiger partial charge in [-0.05, 0) is 52.4 Å². The van der Waals surface area contributed by atoms with E-state index in [9.17, 15) is 0 Å². The van der Waals surface area contributed by atoms with Crippen molar-refractivity contribution < 1.29 is 4.74 Å². The number of halogens is 1. The maximum absolute atomic E-state index is 5.88. The molecule has 4 heteroatoms. The average molecular weight is 351 g/mol. The second kappa shape index (κ2) is 6.22. The molecule has 0 saturated carbocycles. The van der Waals surface area contributed by atoms with Gasteiger partial charge in [-0.1, -0.05) is 32.9 Å². The highest BCUT2D eigenvalue weighted by atomic mass is 79.9. The summed E-state index contributed by atoms with van der Waals surface area (Å²) >= 11 is 3.56. The summed E-state index contributed by atoms with van der Waals surface area (Å²) in [5.74, 6) is 0.886. The minimum Gasteiger partial charge on any atom is -0.487 e. The quantitative estimate of drug-likeness (QED) is 0.777. The van der Waals surface area contributed by atoms with Crippen molar-refractivity contribution in [2.24, 2.45) is 7.05 Å². The van der Waals surface area contributed by atoms with Gasteiger partial charge in [0.25, 0.3) is 0 Å². The summed E-state index contributed by atoms with van der Waals surface area (Å²) in [4.78, 5) is 0. The van der Waals surface area contributed by atoms with Crippen LogP contribution < -0.4 is 4.74 Å². The van der Waals surface area contributed by atoms with Crippen LogP contribution in [0.5, 0.6) is 5.75 Å². The Morgan fingerprint density at radius 1 is 1.24 bits per heavy atom. The Morgan fingerprint density at radius 2 is 1.86 bits per heavy atom. The minimum atomic E-state index is 0.209. The molecule has 3 nitrogen and oxygen atoms in total. The molecule has 1 aromatic carbocycles. The molecule has 0 atom stereocenters. The lowest BCUT2D eigenvalue weighted by Crippen LogP contribution is -2.15. The molecule has 0 amide bonds. The number of benzene rings is 1. The predicted octanol–water partition coefficient (Wildman–Crippen LogP) is 4.76. The van der Waals surface area contributed by atoms with E-state index in [0.717, 1.165) is 28.0 Å². The molecular formula is C17H23BrN2O. The van der Waals surface area contributed by atoms with E-state index in [-0.39, 0.29) is 5.41 Å². The Labute approximate surface area is 135 Å². The van der Waals surface area contributed by atoms with Crippen LogP contribution >= 0.6 is 15.9 Å². The van der Waals surface area contributed by atoms with Crippen molar-refractivity contribution in [3.63, 3.8) is 0 Å². The first kappa shape index (κ1) is 16.1. The number of hydrogen-bond donors (Lipinski definition) is 0. The molecule has 1 aromatic heterocycles. The van der Waals surface area contributed by atoms with Crippen LogP contribution in [0.4, 0.5) is 0 Å². The number of nitrogens with zero attached hydrogens (tertiary/aromatic N) is 2. The SMILES string of the molecule is CCC(C)(C)c1ccc(OCc2c(Br)c(C)nn2C)cc1. The van der Waals surface area contributed by atoms with E-state index in [2.05, 4.69) is 53.9 Å². The van der Waals surface area contributed by atoms with Gasteiger partial charge in [-0.25, -0.2) is 0 Å². The molecule has 2 rings (SSSR count). The first-order valence-electron chi connectivity index (χ1n) is 7.26. The summed E-state index contributed by atoms with van der Waals surface area (Å²) in [6, 6.07) is 8.40. The largest absolute Gasteiger partial charge is 0.487 e. The van der Waals surface area contributed by atoms with Gasteiger partial charge in [0, 0.05) is 7.05 Å². The van der Waals surface area contributed by atoms with Crippen LogP contribution in [0, 0.1) is 6.92 Å². The number of hydrogen-bond acceptors (Lipinski definition) is 2. The van der Waals surface area contributed by atoms with Crippen molar-refractivity contribution in [1.29, 1.82) is 0 Å². The summed E-state index contributed by atoms with van der Waals surface area (Å²) < 4.78 is 8.75. The summed E-state index contributed by atoms with van der Waals surface area (Å²) in [7, 11) is 1.93. The number of rotatable bonds is 5. The fourth-order valence-corrected chi connectivity index (χ4v) is 2.65. The van der Waals surface area contributed by atoms with Crippen LogP contribution in [-0.2, 0) is 19.1 Å². The summed E-state index contributed by atoms with van der Waals surface area (Å²) in [5.41, 5.74) is 3.58. The van der Waals surface area contributed by atoms with Crippen LogP contribution in [-0.4, -0.2) is 9.78 Å². The Morgan fingerprint density at radius 3 is 2.33 bits per heavy atom.